The van der Waals surface area contributed by atoms with Crippen LogP contribution in [-0.4, -0.2) is 21.5 Å². The molecule has 4 aromatic rings. The molecule has 0 amide bonds. The van der Waals surface area contributed by atoms with Gasteiger partial charge < -0.3 is 5.32 Å². The third kappa shape index (κ3) is 3.58. The summed E-state index contributed by atoms with van der Waals surface area (Å²) in [6, 6.07) is 16.6. The molecule has 0 aliphatic carbocycles. The second-order valence-corrected chi connectivity index (χ2v) is 7.33. The number of para-hydroxylation sites is 2. The standard InChI is InChI=1S/C21H20N4S/c1-14-21(25-19-6-4-3-5-18(19)23-14)22-12-11-16-7-9-17(10-8-16)20-13-26-15(2)24-20/h3-10,13H,11-12H2,1-2H3,(H,22,25). The first-order valence-corrected chi connectivity index (χ1v) is 9.56. The van der Waals surface area contributed by atoms with Crippen LogP contribution >= 0.6 is 11.3 Å². The predicted molar refractivity (Wildman–Crippen MR) is 109 cm³/mol. The number of benzene rings is 2. The van der Waals surface area contributed by atoms with E-state index in [0.29, 0.717) is 0 Å². The van der Waals surface area contributed by atoms with Crippen LogP contribution in [0.4, 0.5) is 5.82 Å². The average Bonchev–Trinajstić information content (AvgIpc) is 3.09. The number of aromatic nitrogens is 3. The number of rotatable bonds is 5. The molecule has 0 saturated heterocycles. The van der Waals surface area contributed by atoms with Crippen molar-refractivity contribution in [3.8, 4) is 11.3 Å². The molecule has 4 rings (SSSR count). The Morgan fingerprint density at radius 3 is 2.31 bits per heavy atom. The van der Waals surface area contributed by atoms with E-state index in [9.17, 15) is 0 Å². The summed E-state index contributed by atoms with van der Waals surface area (Å²) in [5.41, 5.74) is 6.30. The van der Waals surface area contributed by atoms with Crippen LogP contribution in [0.3, 0.4) is 0 Å². The number of thiazole rings is 1. The highest BCUT2D eigenvalue weighted by Gasteiger charge is 2.05. The number of hydrogen-bond acceptors (Lipinski definition) is 5. The van der Waals surface area contributed by atoms with Gasteiger partial charge in [0.2, 0.25) is 0 Å². The van der Waals surface area contributed by atoms with Crippen molar-refractivity contribution in [1.82, 2.24) is 15.0 Å². The highest BCUT2D eigenvalue weighted by molar-refractivity contribution is 7.09. The van der Waals surface area contributed by atoms with E-state index in [1.54, 1.807) is 11.3 Å². The van der Waals surface area contributed by atoms with E-state index in [4.69, 9.17) is 0 Å². The molecule has 0 bridgehead atoms. The number of aryl methyl sites for hydroxylation is 2. The molecule has 2 heterocycles. The van der Waals surface area contributed by atoms with Crippen LogP contribution in [-0.2, 0) is 6.42 Å². The van der Waals surface area contributed by atoms with Gasteiger partial charge in [-0.3, -0.25) is 0 Å². The fourth-order valence-corrected chi connectivity index (χ4v) is 3.54. The van der Waals surface area contributed by atoms with Gasteiger partial charge >= 0.3 is 0 Å². The van der Waals surface area contributed by atoms with Crippen molar-refractivity contribution in [2.75, 3.05) is 11.9 Å². The number of nitrogens with zero attached hydrogens (tertiary/aromatic N) is 3. The van der Waals surface area contributed by atoms with Crippen molar-refractivity contribution in [3.05, 3.63) is 70.2 Å². The Kier molecular flexibility index (Phi) is 4.63. The topological polar surface area (TPSA) is 50.7 Å². The van der Waals surface area contributed by atoms with E-state index in [2.05, 4.69) is 49.9 Å². The first kappa shape index (κ1) is 16.7. The second-order valence-electron chi connectivity index (χ2n) is 6.27. The maximum absolute atomic E-state index is 4.68. The lowest BCUT2D eigenvalue weighted by molar-refractivity contribution is 0.997. The Morgan fingerprint density at radius 1 is 0.885 bits per heavy atom. The zero-order valence-electron chi connectivity index (χ0n) is 14.9. The van der Waals surface area contributed by atoms with Crippen LogP contribution in [0.25, 0.3) is 22.3 Å². The lowest BCUT2D eigenvalue weighted by Gasteiger charge is -2.09. The molecule has 2 aromatic heterocycles. The molecule has 130 valence electrons. The quantitative estimate of drug-likeness (QED) is 0.543. The van der Waals surface area contributed by atoms with E-state index < -0.39 is 0 Å². The molecule has 0 unspecified atom stereocenters. The van der Waals surface area contributed by atoms with Crippen molar-refractivity contribution in [1.29, 1.82) is 0 Å². The van der Waals surface area contributed by atoms with Crippen LogP contribution in [0.5, 0.6) is 0 Å². The zero-order chi connectivity index (χ0) is 17.9. The molecule has 0 fully saturated rings. The molecule has 0 aliphatic rings. The van der Waals surface area contributed by atoms with Gasteiger partial charge in [-0.05, 0) is 38.0 Å². The molecule has 0 atom stereocenters. The predicted octanol–water partition coefficient (Wildman–Crippen LogP) is 5.02. The summed E-state index contributed by atoms with van der Waals surface area (Å²) in [4.78, 5) is 13.8. The molecule has 0 aliphatic heterocycles. The molecule has 0 saturated carbocycles. The third-order valence-corrected chi connectivity index (χ3v) is 5.09. The maximum Gasteiger partial charge on any atom is 0.148 e. The average molecular weight is 360 g/mol. The molecule has 4 nitrogen and oxygen atoms in total. The van der Waals surface area contributed by atoms with Crippen molar-refractivity contribution < 1.29 is 0 Å². The summed E-state index contributed by atoms with van der Waals surface area (Å²) in [6.45, 7) is 4.85. The van der Waals surface area contributed by atoms with Gasteiger partial charge in [0.1, 0.15) is 5.82 Å². The number of anilines is 1. The van der Waals surface area contributed by atoms with Gasteiger partial charge in [-0.25, -0.2) is 15.0 Å². The van der Waals surface area contributed by atoms with E-state index in [1.165, 1.54) is 11.1 Å². The highest BCUT2D eigenvalue weighted by Crippen LogP contribution is 2.22. The van der Waals surface area contributed by atoms with Crippen molar-refractivity contribution in [3.63, 3.8) is 0 Å². The molecular formula is C21H20N4S. The van der Waals surface area contributed by atoms with Gasteiger partial charge in [0.05, 0.1) is 27.4 Å². The van der Waals surface area contributed by atoms with Gasteiger partial charge in [-0.2, -0.15) is 0 Å². The Morgan fingerprint density at radius 2 is 1.62 bits per heavy atom. The van der Waals surface area contributed by atoms with Crippen molar-refractivity contribution in [2.45, 2.75) is 20.3 Å². The fourth-order valence-electron chi connectivity index (χ4n) is 2.92. The largest absolute Gasteiger partial charge is 0.368 e. The molecule has 5 heteroatoms. The number of fused-ring (bicyclic) bond motifs is 1. The van der Waals surface area contributed by atoms with Gasteiger partial charge in [0.25, 0.3) is 0 Å². The van der Waals surface area contributed by atoms with E-state index >= 15 is 0 Å². The van der Waals surface area contributed by atoms with Crippen LogP contribution in [0.1, 0.15) is 16.3 Å². The smallest absolute Gasteiger partial charge is 0.148 e. The third-order valence-electron chi connectivity index (χ3n) is 4.32. The minimum Gasteiger partial charge on any atom is -0.368 e. The minimum atomic E-state index is 0.822. The summed E-state index contributed by atoms with van der Waals surface area (Å²) in [5, 5.41) is 6.62. The monoisotopic (exact) mass is 360 g/mol. The highest BCUT2D eigenvalue weighted by atomic mass is 32.1. The van der Waals surface area contributed by atoms with Crippen molar-refractivity contribution in [2.24, 2.45) is 0 Å². The van der Waals surface area contributed by atoms with E-state index in [0.717, 1.165) is 46.2 Å². The Bertz CT molecular complexity index is 1040. The molecule has 2 aromatic carbocycles. The van der Waals surface area contributed by atoms with Crippen LogP contribution in [0.15, 0.2) is 53.9 Å². The van der Waals surface area contributed by atoms with Crippen LogP contribution in [0, 0.1) is 13.8 Å². The maximum atomic E-state index is 4.68. The van der Waals surface area contributed by atoms with Crippen molar-refractivity contribution >= 4 is 28.2 Å². The SMILES string of the molecule is Cc1nc(-c2ccc(CCNc3nc4ccccc4nc3C)cc2)cs1. The lowest BCUT2D eigenvalue weighted by Crippen LogP contribution is -2.08. The molecule has 1 N–H and O–H groups in total. The molecule has 0 spiro atoms. The van der Waals surface area contributed by atoms with Gasteiger partial charge in [0, 0.05) is 17.5 Å². The van der Waals surface area contributed by atoms with E-state index in [-0.39, 0.29) is 0 Å². The molecule has 26 heavy (non-hydrogen) atoms. The number of nitrogens with one attached hydrogen (secondary N) is 1. The van der Waals surface area contributed by atoms with Crippen LogP contribution < -0.4 is 5.32 Å². The Labute approximate surface area is 157 Å². The zero-order valence-corrected chi connectivity index (χ0v) is 15.7. The normalized spacial score (nSPS) is 11.0. The van der Waals surface area contributed by atoms with Gasteiger partial charge in [0.15, 0.2) is 0 Å². The molecular weight excluding hydrogens is 340 g/mol. The fraction of sp³-hybridized carbons (Fsp3) is 0.190. The second kappa shape index (κ2) is 7.22. The Hall–Kier alpha value is -2.79. The summed E-state index contributed by atoms with van der Waals surface area (Å²) in [5.74, 6) is 0.860. The first-order chi connectivity index (χ1) is 12.7. The van der Waals surface area contributed by atoms with Gasteiger partial charge in [-0.15, -0.1) is 11.3 Å². The molecule has 0 radical (unpaired) electrons. The lowest BCUT2D eigenvalue weighted by atomic mass is 10.1. The Balaban J connectivity index is 1.41. The summed E-state index contributed by atoms with van der Waals surface area (Å²) >= 11 is 1.68. The summed E-state index contributed by atoms with van der Waals surface area (Å²) in [6.07, 6.45) is 0.935. The van der Waals surface area contributed by atoms with Gasteiger partial charge in [-0.1, -0.05) is 36.4 Å². The number of hydrogen-bond donors (Lipinski definition) is 1. The minimum absolute atomic E-state index is 0.822. The van der Waals surface area contributed by atoms with Crippen LogP contribution in [0.2, 0.25) is 0 Å². The first-order valence-electron chi connectivity index (χ1n) is 8.68. The summed E-state index contributed by atoms with van der Waals surface area (Å²) < 4.78 is 0. The summed E-state index contributed by atoms with van der Waals surface area (Å²) in [7, 11) is 0. The van der Waals surface area contributed by atoms with E-state index in [1.807, 2.05) is 38.1 Å².